The minimum absolute atomic E-state index is 0.00790. The maximum absolute atomic E-state index is 11.8. The second kappa shape index (κ2) is 6.02. The molecule has 0 fully saturated rings. The van der Waals surface area contributed by atoms with Gasteiger partial charge in [0.15, 0.2) is 0 Å². The van der Waals surface area contributed by atoms with Crippen molar-refractivity contribution in [1.29, 1.82) is 0 Å². The molecule has 0 bridgehead atoms. The molecule has 1 N–H and O–H groups in total. The Morgan fingerprint density at radius 2 is 1.95 bits per heavy atom. The molecule has 0 radical (unpaired) electrons. The number of aromatic nitrogens is 3. The molecule has 3 rings (SSSR count). The molecule has 0 unspecified atom stereocenters. The number of nitrogens with zero attached hydrogens (tertiary/aromatic N) is 3. The van der Waals surface area contributed by atoms with Crippen LogP contribution >= 0.6 is 27.3 Å². The van der Waals surface area contributed by atoms with Gasteiger partial charge in [0.1, 0.15) is 0 Å². The normalized spacial score (nSPS) is 10.7. The molecule has 2 heterocycles. The summed E-state index contributed by atoms with van der Waals surface area (Å²) in [7, 11) is 1.76. The summed E-state index contributed by atoms with van der Waals surface area (Å²) in [6.07, 6.45) is 1.69. The van der Waals surface area contributed by atoms with Gasteiger partial charge in [-0.3, -0.25) is 4.79 Å². The molecule has 0 saturated carbocycles. The second-order valence-corrected chi connectivity index (χ2v) is 6.62. The average Bonchev–Trinajstić information content (AvgIpc) is 2.78. The minimum atomic E-state index is 0.00790. The van der Waals surface area contributed by atoms with Crippen molar-refractivity contribution < 1.29 is 0 Å². The predicted molar refractivity (Wildman–Crippen MR) is 92.7 cm³/mol. The smallest absolute Gasteiger partial charge is 0.307 e. The first-order valence-electron chi connectivity index (χ1n) is 6.57. The topological polar surface area (TPSA) is 59.8 Å². The SMILES string of the molecule is Cc1c(-c2ccnc(Nc3ccc(Br)cc3)n2)sc(=O)n1C. The Bertz CT molecular complexity index is 870. The monoisotopic (exact) mass is 376 g/mol. The van der Waals surface area contributed by atoms with Crippen LogP contribution in [0.1, 0.15) is 5.69 Å². The van der Waals surface area contributed by atoms with Crippen LogP contribution in [0.25, 0.3) is 10.6 Å². The van der Waals surface area contributed by atoms with E-state index in [1.54, 1.807) is 17.8 Å². The molecule has 0 atom stereocenters. The highest BCUT2D eigenvalue weighted by atomic mass is 79.9. The third-order valence-electron chi connectivity index (χ3n) is 3.28. The van der Waals surface area contributed by atoms with E-state index in [9.17, 15) is 4.79 Å². The van der Waals surface area contributed by atoms with Gasteiger partial charge < -0.3 is 9.88 Å². The van der Waals surface area contributed by atoms with Gasteiger partial charge in [-0.25, -0.2) is 9.97 Å². The lowest BCUT2D eigenvalue weighted by molar-refractivity contribution is 0.854. The van der Waals surface area contributed by atoms with Gasteiger partial charge in [0.2, 0.25) is 5.95 Å². The van der Waals surface area contributed by atoms with Crippen LogP contribution in [0.2, 0.25) is 0 Å². The van der Waals surface area contributed by atoms with Crippen molar-refractivity contribution in [2.75, 3.05) is 5.32 Å². The zero-order chi connectivity index (χ0) is 15.7. The zero-order valence-corrected chi connectivity index (χ0v) is 14.4. The lowest BCUT2D eigenvalue weighted by Crippen LogP contribution is -2.08. The number of thiazole rings is 1. The largest absolute Gasteiger partial charge is 0.324 e. The molecular weight excluding hydrogens is 364 g/mol. The van der Waals surface area contributed by atoms with Crippen LogP contribution in [0.3, 0.4) is 0 Å². The van der Waals surface area contributed by atoms with Crippen LogP contribution in [0.15, 0.2) is 45.8 Å². The highest BCUT2D eigenvalue weighted by molar-refractivity contribution is 9.10. The van der Waals surface area contributed by atoms with Gasteiger partial charge in [-0.15, -0.1) is 0 Å². The molecule has 1 aromatic carbocycles. The summed E-state index contributed by atoms with van der Waals surface area (Å²) in [5.41, 5.74) is 2.55. The van der Waals surface area contributed by atoms with Crippen LogP contribution in [0.5, 0.6) is 0 Å². The fraction of sp³-hybridized carbons (Fsp3) is 0.133. The summed E-state index contributed by atoms with van der Waals surface area (Å²) in [6.45, 7) is 1.91. The Kier molecular flexibility index (Phi) is 4.08. The van der Waals surface area contributed by atoms with Crippen LogP contribution in [-0.2, 0) is 7.05 Å². The first kappa shape index (κ1) is 14.9. The van der Waals surface area contributed by atoms with E-state index in [0.717, 1.165) is 26.4 Å². The van der Waals surface area contributed by atoms with E-state index in [0.29, 0.717) is 5.95 Å². The van der Waals surface area contributed by atoms with E-state index in [1.165, 1.54) is 11.3 Å². The van der Waals surface area contributed by atoms with E-state index in [4.69, 9.17) is 0 Å². The maximum Gasteiger partial charge on any atom is 0.307 e. The summed E-state index contributed by atoms with van der Waals surface area (Å²) >= 11 is 4.59. The van der Waals surface area contributed by atoms with E-state index in [2.05, 4.69) is 31.2 Å². The van der Waals surface area contributed by atoms with E-state index in [-0.39, 0.29) is 4.87 Å². The molecule has 0 spiro atoms. The number of hydrogen-bond donors (Lipinski definition) is 1. The van der Waals surface area contributed by atoms with Crippen molar-refractivity contribution in [3.63, 3.8) is 0 Å². The van der Waals surface area contributed by atoms with Gasteiger partial charge in [0.25, 0.3) is 0 Å². The van der Waals surface area contributed by atoms with Gasteiger partial charge in [-0.2, -0.15) is 0 Å². The number of anilines is 2. The first-order valence-corrected chi connectivity index (χ1v) is 8.18. The molecule has 22 heavy (non-hydrogen) atoms. The molecule has 2 aromatic heterocycles. The average molecular weight is 377 g/mol. The Labute approximate surface area is 139 Å². The van der Waals surface area contributed by atoms with Crippen molar-refractivity contribution in [3.05, 3.63) is 56.4 Å². The van der Waals surface area contributed by atoms with Crippen LogP contribution in [0.4, 0.5) is 11.6 Å². The summed E-state index contributed by atoms with van der Waals surface area (Å²) in [5, 5.41) is 3.16. The number of benzene rings is 1. The fourth-order valence-electron chi connectivity index (χ4n) is 1.96. The van der Waals surface area contributed by atoms with Crippen molar-refractivity contribution in [2.24, 2.45) is 7.05 Å². The molecule has 0 saturated heterocycles. The molecule has 0 aliphatic rings. The van der Waals surface area contributed by atoms with E-state index >= 15 is 0 Å². The number of rotatable bonds is 3. The predicted octanol–water partition coefficient (Wildman–Crippen LogP) is 3.72. The van der Waals surface area contributed by atoms with Gasteiger partial charge in [0.05, 0.1) is 10.6 Å². The van der Waals surface area contributed by atoms with E-state index < -0.39 is 0 Å². The molecule has 5 nitrogen and oxygen atoms in total. The van der Waals surface area contributed by atoms with Crippen LogP contribution in [0, 0.1) is 6.92 Å². The quantitative estimate of drug-likeness (QED) is 0.756. The standard InChI is InChI=1S/C15H13BrN4OS/c1-9-13(22-15(21)20(9)2)12-7-8-17-14(19-12)18-11-5-3-10(16)4-6-11/h3-8H,1-2H3,(H,17,18,19). The second-order valence-electron chi connectivity index (χ2n) is 4.74. The third-order valence-corrected chi connectivity index (χ3v) is 4.97. The van der Waals surface area contributed by atoms with Gasteiger partial charge in [-0.05, 0) is 37.3 Å². The van der Waals surface area contributed by atoms with Gasteiger partial charge in [-0.1, -0.05) is 27.3 Å². The van der Waals surface area contributed by atoms with Gasteiger partial charge >= 0.3 is 4.87 Å². The Balaban J connectivity index is 1.94. The van der Waals surface area contributed by atoms with Crippen molar-refractivity contribution in [2.45, 2.75) is 6.92 Å². The molecule has 0 aliphatic carbocycles. The molecular formula is C15H13BrN4OS. The Hall–Kier alpha value is -1.99. The maximum atomic E-state index is 11.8. The summed E-state index contributed by atoms with van der Waals surface area (Å²) < 4.78 is 2.64. The summed E-state index contributed by atoms with van der Waals surface area (Å²) in [6, 6.07) is 9.57. The molecule has 3 aromatic rings. The van der Waals surface area contributed by atoms with E-state index in [1.807, 2.05) is 37.3 Å². The van der Waals surface area contributed by atoms with Crippen LogP contribution in [-0.4, -0.2) is 14.5 Å². The first-order chi connectivity index (χ1) is 10.5. The zero-order valence-electron chi connectivity index (χ0n) is 12.0. The van der Waals surface area contributed by atoms with Crippen LogP contribution < -0.4 is 10.2 Å². The summed E-state index contributed by atoms with van der Waals surface area (Å²) in [4.78, 5) is 21.4. The molecule has 0 aliphatic heterocycles. The van der Waals surface area contributed by atoms with Gasteiger partial charge in [0, 0.05) is 29.1 Å². The lowest BCUT2D eigenvalue weighted by Gasteiger charge is -2.06. The number of hydrogen-bond acceptors (Lipinski definition) is 5. The minimum Gasteiger partial charge on any atom is -0.324 e. The Morgan fingerprint density at radius 3 is 2.59 bits per heavy atom. The van der Waals surface area contributed by atoms with Crippen molar-refractivity contribution in [1.82, 2.24) is 14.5 Å². The highest BCUT2D eigenvalue weighted by Crippen LogP contribution is 2.25. The molecule has 0 amide bonds. The number of halogens is 1. The summed E-state index contributed by atoms with van der Waals surface area (Å²) in [5.74, 6) is 0.503. The van der Waals surface area contributed by atoms with Crippen molar-refractivity contribution in [3.8, 4) is 10.6 Å². The number of nitrogens with one attached hydrogen (secondary N) is 1. The lowest BCUT2D eigenvalue weighted by atomic mass is 10.3. The fourth-order valence-corrected chi connectivity index (χ4v) is 3.18. The molecule has 112 valence electrons. The highest BCUT2D eigenvalue weighted by Gasteiger charge is 2.12. The third kappa shape index (κ3) is 2.95. The van der Waals surface area contributed by atoms with Crippen molar-refractivity contribution >= 4 is 38.9 Å². The molecule has 7 heteroatoms. The Morgan fingerprint density at radius 1 is 1.23 bits per heavy atom.